The monoisotopic (exact) mass is 263 g/mol. The van der Waals surface area contributed by atoms with E-state index < -0.39 is 0 Å². The molecule has 1 N–H and O–H groups in total. The smallest absolute Gasteiger partial charge is 0.122 e. The van der Waals surface area contributed by atoms with Crippen LogP contribution in [0.5, 0.6) is 5.75 Å². The fraction of sp³-hybridized carbons (Fsp3) is 0.625. The Balaban J connectivity index is 2.12. The maximum absolute atomic E-state index is 9.59. The molecule has 2 rings (SSSR count). The summed E-state index contributed by atoms with van der Waals surface area (Å²) in [6.07, 6.45) is 4.88. The Hall–Kier alpha value is -1.22. The van der Waals surface area contributed by atoms with Gasteiger partial charge in [0.1, 0.15) is 5.75 Å². The highest BCUT2D eigenvalue weighted by Crippen LogP contribution is 2.30. The summed E-state index contributed by atoms with van der Waals surface area (Å²) in [5.41, 5.74) is 2.50. The number of aliphatic hydroxyl groups excluding tert-OH is 1. The average molecular weight is 263 g/mol. The van der Waals surface area contributed by atoms with E-state index in [1.165, 1.54) is 11.3 Å². The largest absolute Gasteiger partial charge is 0.496 e. The summed E-state index contributed by atoms with van der Waals surface area (Å²) in [5.74, 6) is 0.971. The van der Waals surface area contributed by atoms with Gasteiger partial charge in [0.25, 0.3) is 0 Å². The number of rotatable bonds is 4. The van der Waals surface area contributed by atoms with Crippen LogP contribution in [0.25, 0.3) is 0 Å². The first kappa shape index (κ1) is 14.2. The van der Waals surface area contributed by atoms with Crippen molar-refractivity contribution in [3.05, 3.63) is 23.8 Å². The van der Waals surface area contributed by atoms with E-state index in [0.29, 0.717) is 6.04 Å². The van der Waals surface area contributed by atoms with Crippen LogP contribution < -0.4 is 9.64 Å². The molecule has 19 heavy (non-hydrogen) atoms. The zero-order valence-electron chi connectivity index (χ0n) is 12.2. The van der Waals surface area contributed by atoms with Crippen molar-refractivity contribution in [1.82, 2.24) is 0 Å². The summed E-state index contributed by atoms with van der Waals surface area (Å²) in [4.78, 5) is 2.35. The van der Waals surface area contributed by atoms with Crippen LogP contribution >= 0.6 is 0 Å². The lowest BCUT2D eigenvalue weighted by atomic mass is 9.92. The third-order valence-electron chi connectivity index (χ3n) is 4.27. The van der Waals surface area contributed by atoms with E-state index in [-0.39, 0.29) is 6.10 Å². The molecule has 0 bridgehead atoms. The molecule has 106 valence electrons. The van der Waals surface area contributed by atoms with Crippen LogP contribution in [0.15, 0.2) is 18.2 Å². The molecule has 0 saturated heterocycles. The average Bonchev–Trinajstić information content (AvgIpc) is 2.46. The summed E-state index contributed by atoms with van der Waals surface area (Å²) >= 11 is 0. The zero-order valence-corrected chi connectivity index (χ0v) is 12.2. The van der Waals surface area contributed by atoms with Crippen molar-refractivity contribution in [1.29, 1.82) is 0 Å². The summed E-state index contributed by atoms with van der Waals surface area (Å²) in [7, 11) is 3.88. The molecule has 0 spiro atoms. The van der Waals surface area contributed by atoms with Gasteiger partial charge in [-0.25, -0.2) is 0 Å². The van der Waals surface area contributed by atoms with Gasteiger partial charge in [-0.3, -0.25) is 0 Å². The van der Waals surface area contributed by atoms with E-state index in [0.717, 1.165) is 37.9 Å². The highest BCUT2D eigenvalue weighted by molar-refractivity contribution is 5.53. The van der Waals surface area contributed by atoms with Crippen molar-refractivity contribution < 1.29 is 9.84 Å². The Morgan fingerprint density at radius 3 is 2.53 bits per heavy atom. The number of hydrogen-bond acceptors (Lipinski definition) is 3. The molecule has 3 heteroatoms. The quantitative estimate of drug-likeness (QED) is 0.906. The molecule has 0 heterocycles. The van der Waals surface area contributed by atoms with Crippen LogP contribution in [0.3, 0.4) is 0 Å². The van der Waals surface area contributed by atoms with Gasteiger partial charge in [-0.05, 0) is 55.9 Å². The van der Waals surface area contributed by atoms with E-state index in [2.05, 4.69) is 37.1 Å². The molecule has 0 aromatic heterocycles. The number of benzene rings is 1. The highest BCUT2D eigenvalue weighted by Gasteiger charge is 2.23. The molecule has 1 fully saturated rings. The minimum atomic E-state index is -0.0910. The van der Waals surface area contributed by atoms with Crippen LogP contribution in [-0.4, -0.2) is 31.4 Å². The molecule has 0 aliphatic heterocycles. The number of hydrogen-bond donors (Lipinski definition) is 1. The SMILES string of the molecule is CCc1cc(N(C)C2CCC(O)CC2)ccc1OC. The first-order valence-corrected chi connectivity index (χ1v) is 7.23. The van der Waals surface area contributed by atoms with E-state index in [4.69, 9.17) is 4.74 Å². The van der Waals surface area contributed by atoms with Gasteiger partial charge in [0, 0.05) is 18.8 Å². The molecule has 1 aliphatic rings. The lowest BCUT2D eigenvalue weighted by molar-refractivity contribution is 0.122. The molecule has 0 radical (unpaired) electrons. The first-order chi connectivity index (χ1) is 9.15. The fourth-order valence-electron chi connectivity index (χ4n) is 2.92. The molecule has 1 aromatic carbocycles. The zero-order chi connectivity index (χ0) is 13.8. The maximum atomic E-state index is 9.59. The Morgan fingerprint density at radius 1 is 1.26 bits per heavy atom. The molecule has 0 unspecified atom stereocenters. The second-order valence-electron chi connectivity index (χ2n) is 5.42. The summed E-state index contributed by atoms with van der Waals surface area (Å²) in [6.45, 7) is 2.15. The van der Waals surface area contributed by atoms with Crippen LogP contribution in [0.1, 0.15) is 38.2 Å². The Kier molecular flexibility index (Phi) is 4.70. The Labute approximate surface area is 116 Å². The number of ether oxygens (including phenoxy) is 1. The molecule has 1 saturated carbocycles. The second-order valence-corrected chi connectivity index (χ2v) is 5.42. The van der Waals surface area contributed by atoms with Gasteiger partial charge in [0.05, 0.1) is 13.2 Å². The lowest BCUT2D eigenvalue weighted by Crippen LogP contribution is -2.36. The first-order valence-electron chi connectivity index (χ1n) is 7.23. The van der Waals surface area contributed by atoms with Crippen LogP contribution in [0.4, 0.5) is 5.69 Å². The molecular formula is C16H25NO2. The number of nitrogens with zero attached hydrogens (tertiary/aromatic N) is 1. The minimum Gasteiger partial charge on any atom is -0.496 e. The van der Waals surface area contributed by atoms with Gasteiger partial charge < -0.3 is 14.7 Å². The van der Waals surface area contributed by atoms with Gasteiger partial charge in [0.2, 0.25) is 0 Å². The van der Waals surface area contributed by atoms with E-state index in [1.54, 1.807) is 7.11 Å². The summed E-state index contributed by atoms with van der Waals surface area (Å²) in [5, 5.41) is 9.59. The van der Waals surface area contributed by atoms with Crippen LogP contribution in [0.2, 0.25) is 0 Å². The van der Waals surface area contributed by atoms with Gasteiger partial charge in [-0.1, -0.05) is 6.92 Å². The highest BCUT2D eigenvalue weighted by atomic mass is 16.5. The third-order valence-corrected chi connectivity index (χ3v) is 4.27. The number of aliphatic hydroxyl groups is 1. The van der Waals surface area contributed by atoms with Crippen LogP contribution in [0, 0.1) is 0 Å². The van der Waals surface area contributed by atoms with Crippen molar-refractivity contribution in [2.45, 2.75) is 51.2 Å². The van der Waals surface area contributed by atoms with E-state index >= 15 is 0 Å². The van der Waals surface area contributed by atoms with Crippen molar-refractivity contribution in [2.24, 2.45) is 0 Å². The van der Waals surface area contributed by atoms with Crippen molar-refractivity contribution >= 4 is 5.69 Å². The number of methoxy groups -OCH3 is 1. The fourth-order valence-corrected chi connectivity index (χ4v) is 2.92. The second kappa shape index (κ2) is 6.29. The van der Waals surface area contributed by atoms with Gasteiger partial charge in [-0.15, -0.1) is 0 Å². The maximum Gasteiger partial charge on any atom is 0.122 e. The number of aryl methyl sites for hydroxylation is 1. The van der Waals surface area contributed by atoms with E-state index in [1.807, 2.05) is 0 Å². The van der Waals surface area contributed by atoms with Crippen molar-refractivity contribution in [3.8, 4) is 5.75 Å². The van der Waals surface area contributed by atoms with Crippen molar-refractivity contribution in [3.63, 3.8) is 0 Å². The number of anilines is 1. The Morgan fingerprint density at radius 2 is 1.95 bits per heavy atom. The van der Waals surface area contributed by atoms with Gasteiger partial charge in [-0.2, -0.15) is 0 Å². The predicted octanol–water partition coefficient (Wildman–Crippen LogP) is 3.00. The molecule has 0 amide bonds. The minimum absolute atomic E-state index is 0.0910. The molecule has 1 aromatic rings. The third kappa shape index (κ3) is 3.21. The topological polar surface area (TPSA) is 32.7 Å². The van der Waals surface area contributed by atoms with E-state index in [9.17, 15) is 5.11 Å². The normalized spacial score (nSPS) is 23.2. The van der Waals surface area contributed by atoms with Crippen LogP contribution in [-0.2, 0) is 6.42 Å². The van der Waals surface area contributed by atoms with Gasteiger partial charge in [0.15, 0.2) is 0 Å². The lowest BCUT2D eigenvalue weighted by Gasteiger charge is -2.35. The molecular weight excluding hydrogens is 238 g/mol. The Bertz CT molecular complexity index is 411. The standard InChI is InChI=1S/C16H25NO2/c1-4-12-11-14(7-10-16(12)19-3)17(2)13-5-8-15(18)9-6-13/h7,10-11,13,15,18H,4-6,8-9H2,1-3H3. The van der Waals surface area contributed by atoms with Gasteiger partial charge >= 0.3 is 0 Å². The summed E-state index contributed by atoms with van der Waals surface area (Å²) < 4.78 is 5.38. The molecule has 3 nitrogen and oxygen atoms in total. The van der Waals surface area contributed by atoms with Crippen molar-refractivity contribution in [2.75, 3.05) is 19.1 Å². The summed E-state index contributed by atoms with van der Waals surface area (Å²) in [6, 6.07) is 6.95. The molecule has 0 atom stereocenters. The molecule has 1 aliphatic carbocycles. The predicted molar refractivity (Wildman–Crippen MR) is 79.0 cm³/mol.